The molecule has 0 atom stereocenters. The molecular weight excluding hydrogens is 591 g/mol. The predicted octanol–water partition coefficient (Wildman–Crippen LogP) is 4.40. The lowest BCUT2D eigenvalue weighted by Gasteiger charge is -2.36. The lowest BCUT2D eigenvalue weighted by Crippen LogP contribution is -2.52. The number of amides is 1. The summed E-state index contributed by atoms with van der Waals surface area (Å²) in [5, 5.41) is 11.9. The molecule has 41 heavy (non-hydrogen) atoms. The zero-order valence-electron chi connectivity index (χ0n) is 22.3. The van der Waals surface area contributed by atoms with Crippen molar-refractivity contribution in [3.05, 3.63) is 69.9 Å². The molecule has 2 aliphatic rings. The summed E-state index contributed by atoms with van der Waals surface area (Å²) in [6.45, 7) is 3.07. The van der Waals surface area contributed by atoms with E-state index in [1.807, 2.05) is 0 Å². The fourth-order valence-corrected chi connectivity index (χ4v) is 5.84. The number of halogens is 2. The smallest absolute Gasteiger partial charge is 0.293 e. The molecule has 5 rings (SSSR count). The molecule has 218 valence electrons. The molecule has 1 saturated carbocycles. The van der Waals surface area contributed by atoms with Crippen molar-refractivity contribution in [1.82, 2.24) is 18.9 Å². The number of anilines is 1. The van der Waals surface area contributed by atoms with E-state index in [0.29, 0.717) is 33.4 Å². The van der Waals surface area contributed by atoms with Gasteiger partial charge in [0.05, 0.1) is 13.2 Å². The molecule has 0 spiro atoms. The average molecular weight is 622 g/mol. The Morgan fingerprint density at radius 1 is 1.15 bits per heavy atom. The van der Waals surface area contributed by atoms with Crippen LogP contribution in [0.15, 0.2) is 58.3 Å². The van der Waals surface area contributed by atoms with Crippen LogP contribution in [0.2, 0.25) is 10.0 Å². The summed E-state index contributed by atoms with van der Waals surface area (Å²) in [4.78, 5) is 19.4. The van der Waals surface area contributed by atoms with Gasteiger partial charge in [0.1, 0.15) is 11.2 Å². The first kappa shape index (κ1) is 29.3. The molecule has 2 fully saturated rings. The Labute approximate surface area is 248 Å². The highest BCUT2D eigenvalue weighted by atomic mass is 35.5. The second-order valence-electron chi connectivity index (χ2n) is 10.4. The van der Waals surface area contributed by atoms with Gasteiger partial charge in [-0.3, -0.25) is 4.79 Å². The van der Waals surface area contributed by atoms with Crippen LogP contribution in [0.3, 0.4) is 0 Å². The van der Waals surface area contributed by atoms with E-state index < -0.39 is 16.1 Å². The zero-order valence-corrected chi connectivity index (χ0v) is 24.7. The fraction of sp³-hybridized carbons (Fsp3) is 0.370. The third kappa shape index (κ3) is 7.19. The molecule has 1 aliphatic carbocycles. The number of carbonyl (C=O) groups is 1. The molecular formula is C27H30Cl2N6O5S. The summed E-state index contributed by atoms with van der Waals surface area (Å²) < 4.78 is 41.5. The molecule has 14 heteroatoms. The van der Waals surface area contributed by atoms with E-state index in [2.05, 4.69) is 21.9 Å². The van der Waals surface area contributed by atoms with Crippen LogP contribution in [0.5, 0.6) is 0 Å². The number of nitrogens with zero attached hydrogens (tertiary/aromatic N) is 3. The molecule has 0 unspecified atom stereocenters. The second-order valence-corrected chi connectivity index (χ2v) is 13.0. The van der Waals surface area contributed by atoms with Crippen LogP contribution in [-0.4, -0.2) is 67.5 Å². The highest BCUT2D eigenvalue weighted by Crippen LogP contribution is 2.45. The minimum atomic E-state index is -3.85. The number of hydrogen-bond donors (Lipinski definition) is 3. The molecule has 3 aromatic rings. The van der Waals surface area contributed by atoms with Crippen molar-refractivity contribution >= 4 is 62.3 Å². The summed E-state index contributed by atoms with van der Waals surface area (Å²) in [5.74, 6) is -0.277. The van der Waals surface area contributed by atoms with Crippen molar-refractivity contribution in [2.75, 3.05) is 38.1 Å². The lowest BCUT2D eigenvalue weighted by molar-refractivity contribution is -0.116. The van der Waals surface area contributed by atoms with Gasteiger partial charge in [0, 0.05) is 53.5 Å². The normalized spacial score (nSPS) is 17.7. The quantitative estimate of drug-likeness (QED) is 0.164. The van der Waals surface area contributed by atoms with Crippen LogP contribution in [-0.2, 0) is 26.3 Å². The summed E-state index contributed by atoms with van der Waals surface area (Å²) >= 11 is 12.1. The van der Waals surface area contributed by atoms with Crippen molar-refractivity contribution in [1.29, 1.82) is 5.41 Å². The Hall–Kier alpha value is -3.16. The van der Waals surface area contributed by atoms with Crippen LogP contribution in [0.1, 0.15) is 25.7 Å². The Kier molecular flexibility index (Phi) is 8.57. The number of rotatable bonds is 11. The average Bonchev–Trinajstić information content (AvgIpc) is 3.53. The van der Waals surface area contributed by atoms with E-state index >= 15 is 0 Å². The van der Waals surface area contributed by atoms with Gasteiger partial charge in [-0.15, -0.1) is 0 Å². The number of fused-ring (bicyclic) bond motifs is 1. The maximum Gasteiger partial charge on any atom is 0.293 e. The molecule has 2 aromatic carbocycles. The Morgan fingerprint density at radius 3 is 2.56 bits per heavy atom. The summed E-state index contributed by atoms with van der Waals surface area (Å²) in [5.41, 5.74) is 1.82. The minimum absolute atomic E-state index is 0.00583. The van der Waals surface area contributed by atoms with Crippen molar-refractivity contribution < 1.29 is 22.4 Å². The van der Waals surface area contributed by atoms with Gasteiger partial charge in [0.25, 0.3) is 16.1 Å². The summed E-state index contributed by atoms with van der Waals surface area (Å²) in [6.07, 6.45) is 3.07. The number of allylic oxidation sites excluding steroid dienone is 1. The number of hydrogen-bond acceptors (Lipinski definition) is 8. The maximum atomic E-state index is 13.3. The third-order valence-corrected chi connectivity index (χ3v) is 9.07. The molecule has 1 aromatic heterocycles. The number of benzene rings is 2. The topological polar surface area (TPSA) is 141 Å². The molecule has 0 bridgehead atoms. The van der Waals surface area contributed by atoms with Crippen molar-refractivity contribution in [2.45, 2.75) is 26.3 Å². The molecule has 1 amide bonds. The lowest BCUT2D eigenvalue weighted by atomic mass is 10.2. The van der Waals surface area contributed by atoms with Crippen molar-refractivity contribution in [2.24, 2.45) is 5.41 Å². The highest BCUT2D eigenvalue weighted by Gasteiger charge is 2.39. The number of oxazole rings is 1. The first-order valence-corrected chi connectivity index (χ1v) is 15.2. The number of nitrogens with one attached hydrogen (secondary N) is 3. The van der Waals surface area contributed by atoms with Gasteiger partial charge >= 0.3 is 0 Å². The van der Waals surface area contributed by atoms with Gasteiger partial charge in [0.15, 0.2) is 5.58 Å². The molecule has 11 nitrogen and oxygen atoms in total. The number of piperazine rings is 1. The monoisotopic (exact) mass is 620 g/mol. The van der Waals surface area contributed by atoms with Crippen molar-refractivity contribution in [3.8, 4) is 0 Å². The Bertz CT molecular complexity index is 1600. The molecule has 1 aliphatic heterocycles. The first-order valence-electron chi connectivity index (χ1n) is 13.0. The van der Waals surface area contributed by atoms with E-state index in [9.17, 15) is 13.2 Å². The van der Waals surface area contributed by atoms with Gasteiger partial charge in [-0.25, -0.2) is 4.98 Å². The highest BCUT2D eigenvalue weighted by molar-refractivity contribution is 7.87. The van der Waals surface area contributed by atoms with Crippen LogP contribution in [0.4, 0.5) is 5.69 Å². The van der Waals surface area contributed by atoms with Crippen LogP contribution in [0, 0.1) is 10.8 Å². The van der Waals surface area contributed by atoms with E-state index in [0.717, 1.165) is 19.1 Å². The molecule has 3 N–H and O–H groups in total. The van der Waals surface area contributed by atoms with E-state index in [4.69, 9.17) is 37.8 Å². The number of carbonyl (C=O) groups excluding carboxylic acids is 1. The minimum Gasteiger partial charge on any atom is -0.486 e. The largest absolute Gasteiger partial charge is 0.486 e. The molecule has 2 heterocycles. The fourth-order valence-electron chi connectivity index (χ4n) is 4.35. The van der Waals surface area contributed by atoms with Crippen LogP contribution < -0.4 is 10.0 Å². The summed E-state index contributed by atoms with van der Waals surface area (Å²) in [6, 6.07) is 11.7. The number of ether oxygens (including phenoxy) is 1. The Balaban J connectivity index is 1.26. The molecule has 1 saturated heterocycles. The van der Waals surface area contributed by atoms with Crippen molar-refractivity contribution in [3.63, 3.8) is 0 Å². The van der Waals surface area contributed by atoms with Gasteiger partial charge in [0.2, 0.25) is 11.6 Å². The Morgan fingerprint density at radius 2 is 1.88 bits per heavy atom. The SMILES string of the molecule is CC1(CO/C(C(=O)Nc2cccc(Cl)c2)=C(/C=N)N2CCN(S(=O)(=O)NCc3nc4cc(Cl)ccc4o3)CC2)CC1. The van der Waals surface area contributed by atoms with Crippen LogP contribution >= 0.6 is 23.2 Å². The predicted molar refractivity (Wildman–Crippen MR) is 157 cm³/mol. The van der Waals surface area contributed by atoms with Crippen LogP contribution in [0.25, 0.3) is 11.1 Å². The van der Waals surface area contributed by atoms with Gasteiger partial charge in [-0.1, -0.05) is 36.2 Å². The van der Waals surface area contributed by atoms with Gasteiger partial charge in [-0.2, -0.15) is 17.4 Å². The van der Waals surface area contributed by atoms with E-state index in [1.165, 1.54) is 4.31 Å². The first-order chi connectivity index (χ1) is 19.5. The number of aromatic nitrogens is 1. The third-order valence-electron chi connectivity index (χ3n) is 7.05. The zero-order chi connectivity index (χ0) is 29.2. The molecule has 0 radical (unpaired) electrons. The van der Waals surface area contributed by atoms with E-state index in [1.54, 1.807) is 47.4 Å². The van der Waals surface area contributed by atoms with E-state index in [-0.39, 0.29) is 55.5 Å². The summed E-state index contributed by atoms with van der Waals surface area (Å²) in [7, 11) is -3.85. The second kappa shape index (κ2) is 12.0. The van der Waals surface area contributed by atoms with Gasteiger partial charge in [-0.05, 0) is 49.2 Å². The standard InChI is InChI=1S/C27H30Cl2N6O5S/c1-27(7-8-27)17-39-25(26(36)32-20-4-2-3-18(28)13-20)22(15-30)34-9-11-35(12-10-34)41(37,38)31-16-24-33-21-14-19(29)5-6-23(21)40-24/h2-6,13-15,30-31H,7-12,16-17H2,1H3,(H,32,36)/b25-22-,30-15?. The van der Waals surface area contributed by atoms with Gasteiger partial charge < -0.3 is 24.8 Å². The maximum absolute atomic E-state index is 13.3.